The SMILES string of the molecule is Cn1ccnc1C(O)(CCNC(=O)C1CCCC1)C(F)(F)F. The zero-order chi connectivity index (χ0) is 16.4. The largest absolute Gasteiger partial charge is 0.424 e. The van der Waals surface area contributed by atoms with Gasteiger partial charge >= 0.3 is 6.18 Å². The average Bonchev–Trinajstić information content (AvgIpc) is 3.07. The molecule has 1 aromatic heterocycles. The van der Waals surface area contributed by atoms with Gasteiger partial charge in [-0.15, -0.1) is 0 Å². The van der Waals surface area contributed by atoms with Crippen LogP contribution in [0.2, 0.25) is 0 Å². The van der Waals surface area contributed by atoms with Gasteiger partial charge in [0.2, 0.25) is 11.5 Å². The van der Waals surface area contributed by atoms with Crippen molar-refractivity contribution in [3.05, 3.63) is 18.2 Å². The Morgan fingerprint density at radius 2 is 2.09 bits per heavy atom. The van der Waals surface area contributed by atoms with Crippen molar-refractivity contribution in [3.8, 4) is 0 Å². The monoisotopic (exact) mass is 319 g/mol. The van der Waals surface area contributed by atoms with Gasteiger partial charge in [-0.25, -0.2) is 4.98 Å². The second kappa shape index (κ2) is 6.28. The van der Waals surface area contributed by atoms with Crippen molar-refractivity contribution >= 4 is 5.91 Å². The van der Waals surface area contributed by atoms with Gasteiger partial charge in [0.15, 0.2) is 0 Å². The van der Waals surface area contributed by atoms with Gasteiger partial charge in [-0.2, -0.15) is 13.2 Å². The maximum absolute atomic E-state index is 13.3. The molecule has 1 saturated carbocycles. The van der Waals surface area contributed by atoms with E-state index in [-0.39, 0.29) is 18.4 Å². The van der Waals surface area contributed by atoms with E-state index < -0.39 is 24.0 Å². The number of halogens is 3. The highest BCUT2D eigenvalue weighted by atomic mass is 19.4. The number of aliphatic hydroxyl groups is 1. The number of aromatic nitrogens is 2. The third-order valence-electron chi connectivity index (χ3n) is 4.17. The highest BCUT2D eigenvalue weighted by molar-refractivity contribution is 5.78. The minimum atomic E-state index is -4.87. The molecule has 1 atom stereocenters. The van der Waals surface area contributed by atoms with Gasteiger partial charge in [-0.1, -0.05) is 12.8 Å². The number of rotatable bonds is 5. The van der Waals surface area contributed by atoms with Crippen molar-refractivity contribution in [1.29, 1.82) is 0 Å². The lowest BCUT2D eigenvalue weighted by Crippen LogP contribution is -2.47. The minimum absolute atomic E-state index is 0.118. The van der Waals surface area contributed by atoms with Crippen LogP contribution in [0.4, 0.5) is 13.2 Å². The van der Waals surface area contributed by atoms with Gasteiger partial charge in [-0.05, 0) is 12.8 Å². The number of amides is 1. The van der Waals surface area contributed by atoms with E-state index in [2.05, 4.69) is 10.3 Å². The number of hydrogen-bond donors (Lipinski definition) is 2. The van der Waals surface area contributed by atoms with Crippen LogP contribution in [0.1, 0.15) is 37.9 Å². The Morgan fingerprint density at radius 1 is 1.45 bits per heavy atom. The topological polar surface area (TPSA) is 67.2 Å². The Hall–Kier alpha value is -1.57. The molecule has 2 N–H and O–H groups in total. The number of nitrogens with zero attached hydrogens (tertiary/aromatic N) is 2. The molecule has 8 heteroatoms. The van der Waals surface area contributed by atoms with Crippen LogP contribution in [0.5, 0.6) is 0 Å². The number of nitrogens with one attached hydrogen (secondary N) is 1. The molecule has 1 aliphatic carbocycles. The highest BCUT2D eigenvalue weighted by Gasteiger charge is 2.57. The van der Waals surface area contributed by atoms with Crippen LogP contribution in [0.3, 0.4) is 0 Å². The van der Waals surface area contributed by atoms with E-state index in [1.54, 1.807) is 0 Å². The molecule has 1 aliphatic rings. The molecule has 1 unspecified atom stereocenters. The smallest absolute Gasteiger partial charge is 0.374 e. The molecule has 0 aliphatic heterocycles. The van der Waals surface area contributed by atoms with Gasteiger partial charge < -0.3 is 15.0 Å². The van der Waals surface area contributed by atoms with Gasteiger partial charge in [0.05, 0.1) is 0 Å². The lowest BCUT2D eigenvalue weighted by molar-refractivity contribution is -0.272. The fourth-order valence-electron chi connectivity index (χ4n) is 2.84. The van der Waals surface area contributed by atoms with E-state index in [1.165, 1.54) is 19.4 Å². The molecule has 0 saturated heterocycles. The number of alkyl halides is 3. The quantitative estimate of drug-likeness (QED) is 0.870. The molecular weight excluding hydrogens is 299 g/mol. The van der Waals surface area contributed by atoms with Crippen molar-refractivity contribution in [2.45, 2.75) is 43.9 Å². The summed E-state index contributed by atoms with van der Waals surface area (Å²) in [6, 6.07) is 0. The number of imidazole rings is 1. The van der Waals surface area contributed by atoms with E-state index in [0.29, 0.717) is 0 Å². The molecule has 124 valence electrons. The fourth-order valence-corrected chi connectivity index (χ4v) is 2.84. The lowest BCUT2D eigenvalue weighted by Gasteiger charge is -2.30. The fraction of sp³-hybridized carbons (Fsp3) is 0.714. The van der Waals surface area contributed by atoms with Crippen LogP contribution in [-0.4, -0.2) is 33.3 Å². The van der Waals surface area contributed by atoms with E-state index in [0.717, 1.165) is 30.3 Å². The Labute approximate surface area is 126 Å². The first-order valence-electron chi connectivity index (χ1n) is 7.30. The Bertz CT molecular complexity index is 524. The molecule has 2 rings (SSSR count). The molecule has 1 aromatic rings. The van der Waals surface area contributed by atoms with E-state index in [9.17, 15) is 23.1 Å². The standard InChI is InChI=1S/C14H20F3N3O2/c1-20-9-8-19-12(20)13(22,14(15,16)17)6-7-18-11(21)10-4-2-3-5-10/h8-10,22H,2-7H2,1H3,(H,18,21). The van der Waals surface area contributed by atoms with Crippen LogP contribution in [-0.2, 0) is 17.4 Å². The summed E-state index contributed by atoms with van der Waals surface area (Å²) in [6.07, 6.45) is 0.482. The second-order valence-electron chi connectivity index (χ2n) is 5.74. The van der Waals surface area contributed by atoms with E-state index in [1.807, 2.05) is 0 Å². The van der Waals surface area contributed by atoms with Crippen molar-refractivity contribution in [1.82, 2.24) is 14.9 Å². The maximum Gasteiger partial charge on any atom is 0.424 e. The van der Waals surface area contributed by atoms with Crippen LogP contribution < -0.4 is 5.32 Å². The first kappa shape index (κ1) is 16.8. The molecule has 0 radical (unpaired) electrons. The van der Waals surface area contributed by atoms with Gasteiger partial charge in [0.1, 0.15) is 5.82 Å². The Balaban J connectivity index is 2.02. The first-order chi connectivity index (χ1) is 10.3. The molecule has 0 aromatic carbocycles. The zero-order valence-electron chi connectivity index (χ0n) is 12.4. The summed E-state index contributed by atoms with van der Waals surface area (Å²) >= 11 is 0. The summed E-state index contributed by atoms with van der Waals surface area (Å²) in [4.78, 5) is 15.4. The van der Waals surface area contributed by atoms with Gasteiger partial charge in [-0.3, -0.25) is 4.79 Å². The normalized spacial score (nSPS) is 19.1. The number of aryl methyl sites for hydroxylation is 1. The van der Waals surface area contributed by atoms with Crippen molar-refractivity contribution < 1.29 is 23.1 Å². The predicted molar refractivity (Wildman–Crippen MR) is 72.7 cm³/mol. The van der Waals surface area contributed by atoms with E-state index in [4.69, 9.17) is 0 Å². The van der Waals surface area contributed by atoms with Crippen molar-refractivity contribution in [3.63, 3.8) is 0 Å². The Morgan fingerprint density at radius 3 is 2.59 bits per heavy atom. The number of carbonyl (C=O) groups excluding carboxylic acids is 1. The third kappa shape index (κ3) is 3.26. The summed E-state index contributed by atoms with van der Waals surface area (Å²) in [5.41, 5.74) is -3.08. The highest BCUT2D eigenvalue weighted by Crippen LogP contribution is 2.40. The molecule has 22 heavy (non-hydrogen) atoms. The maximum atomic E-state index is 13.3. The van der Waals surface area contributed by atoms with Crippen molar-refractivity contribution in [2.75, 3.05) is 6.54 Å². The van der Waals surface area contributed by atoms with Gasteiger partial charge in [0, 0.05) is 38.3 Å². The van der Waals surface area contributed by atoms with Gasteiger partial charge in [0.25, 0.3) is 0 Å². The lowest BCUT2D eigenvalue weighted by atomic mass is 9.97. The molecule has 1 amide bonds. The molecule has 0 spiro atoms. The zero-order valence-corrected chi connectivity index (χ0v) is 12.4. The summed E-state index contributed by atoms with van der Waals surface area (Å²) in [5, 5.41) is 12.6. The summed E-state index contributed by atoms with van der Waals surface area (Å²) in [6.45, 7) is -0.252. The molecule has 5 nitrogen and oxygen atoms in total. The van der Waals surface area contributed by atoms with Crippen LogP contribution >= 0.6 is 0 Å². The van der Waals surface area contributed by atoms with Crippen molar-refractivity contribution in [2.24, 2.45) is 13.0 Å². The predicted octanol–water partition coefficient (Wildman–Crippen LogP) is 1.87. The third-order valence-corrected chi connectivity index (χ3v) is 4.17. The molecule has 1 fully saturated rings. The summed E-state index contributed by atoms with van der Waals surface area (Å²) in [7, 11) is 1.39. The summed E-state index contributed by atoms with van der Waals surface area (Å²) in [5.74, 6) is -0.830. The second-order valence-corrected chi connectivity index (χ2v) is 5.74. The minimum Gasteiger partial charge on any atom is -0.374 e. The average molecular weight is 319 g/mol. The van der Waals surface area contributed by atoms with E-state index >= 15 is 0 Å². The summed E-state index contributed by atoms with van der Waals surface area (Å²) < 4.78 is 40.9. The number of carbonyl (C=O) groups is 1. The molecule has 1 heterocycles. The molecule has 0 bridgehead atoms. The van der Waals surface area contributed by atoms with Crippen LogP contribution in [0.15, 0.2) is 12.4 Å². The Kier molecular flexibility index (Phi) is 4.79. The molecular formula is C14H20F3N3O2. The first-order valence-corrected chi connectivity index (χ1v) is 7.30. The van der Waals surface area contributed by atoms with Crippen LogP contribution in [0.25, 0.3) is 0 Å². The van der Waals surface area contributed by atoms with Crippen LogP contribution in [0, 0.1) is 5.92 Å². The number of hydrogen-bond acceptors (Lipinski definition) is 3.